The molecule has 1 saturated carbocycles. The topological polar surface area (TPSA) is 17.1 Å². The molecule has 2 heteroatoms. The van der Waals surface area contributed by atoms with Crippen LogP contribution in [0.15, 0.2) is 0 Å². The molecule has 8 heavy (non-hydrogen) atoms. The van der Waals surface area contributed by atoms with Crippen LogP contribution in [0.2, 0.25) is 0 Å². The molecular formula is C6H9ClO. The van der Waals surface area contributed by atoms with E-state index in [1.807, 2.05) is 0 Å². The number of carbonyl (C=O) groups excluding carboxylic acids is 1. The van der Waals surface area contributed by atoms with Crippen molar-refractivity contribution in [3.63, 3.8) is 0 Å². The van der Waals surface area contributed by atoms with Crippen molar-refractivity contribution in [1.82, 2.24) is 0 Å². The summed E-state index contributed by atoms with van der Waals surface area (Å²) in [6.07, 6.45) is 1.03. The van der Waals surface area contributed by atoms with Crippen molar-refractivity contribution in [3.8, 4) is 0 Å². The van der Waals surface area contributed by atoms with Gasteiger partial charge in [0.15, 0.2) is 0 Å². The van der Waals surface area contributed by atoms with Gasteiger partial charge in [0.25, 0.3) is 0 Å². The second kappa shape index (κ2) is 2.06. The fourth-order valence-corrected chi connectivity index (χ4v) is 1.26. The number of hydrogen-bond donors (Lipinski definition) is 0. The van der Waals surface area contributed by atoms with Crippen molar-refractivity contribution in [2.75, 3.05) is 5.88 Å². The fourth-order valence-electron chi connectivity index (χ4n) is 0.916. The summed E-state index contributed by atoms with van der Waals surface area (Å²) in [6.45, 7) is 1.64. The Morgan fingerprint density at radius 1 is 1.88 bits per heavy atom. The van der Waals surface area contributed by atoms with E-state index in [0.717, 1.165) is 6.42 Å². The molecule has 0 aromatic heterocycles. The van der Waals surface area contributed by atoms with Crippen LogP contribution in [0, 0.1) is 11.8 Å². The Morgan fingerprint density at radius 2 is 2.50 bits per heavy atom. The second-order valence-corrected chi connectivity index (χ2v) is 2.68. The van der Waals surface area contributed by atoms with Crippen molar-refractivity contribution in [2.24, 2.45) is 11.8 Å². The third kappa shape index (κ3) is 1.03. The minimum atomic E-state index is 0.302. The van der Waals surface area contributed by atoms with Crippen LogP contribution in [0.5, 0.6) is 0 Å². The zero-order valence-electron chi connectivity index (χ0n) is 4.86. The lowest BCUT2D eigenvalue weighted by atomic mass is 10.2. The normalized spacial score (nSPS) is 34.8. The molecule has 1 aliphatic carbocycles. The molecule has 1 rings (SSSR count). The van der Waals surface area contributed by atoms with Crippen molar-refractivity contribution < 1.29 is 4.79 Å². The van der Waals surface area contributed by atoms with Crippen LogP contribution < -0.4 is 0 Å². The molecule has 0 saturated heterocycles. The minimum absolute atomic E-state index is 0.302. The second-order valence-electron chi connectivity index (χ2n) is 2.37. The zero-order valence-corrected chi connectivity index (χ0v) is 5.61. The van der Waals surface area contributed by atoms with Gasteiger partial charge in [0.05, 0.1) is 0 Å². The van der Waals surface area contributed by atoms with E-state index >= 15 is 0 Å². The Kier molecular flexibility index (Phi) is 1.57. The summed E-state index contributed by atoms with van der Waals surface area (Å²) >= 11 is 5.49. The highest BCUT2D eigenvalue weighted by Crippen LogP contribution is 2.39. The van der Waals surface area contributed by atoms with Crippen molar-refractivity contribution in [1.29, 1.82) is 0 Å². The SMILES string of the molecule is CC(=O)[C@@H]1C[C@H]1CCl. The molecule has 0 N–H and O–H groups in total. The molecule has 1 fully saturated rings. The van der Waals surface area contributed by atoms with E-state index in [4.69, 9.17) is 11.6 Å². The number of Topliss-reactive ketones (excluding diaryl/α,β-unsaturated/α-hetero) is 1. The molecule has 2 atom stereocenters. The molecule has 0 amide bonds. The van der Waals surface area contributed by atoms with E-state index in [1.54, 1.807) is 6.92 Å². The predicted molar refractivity (Wildman–Crippen MR) is 33.0 cm³/mol. The number of halogens is 1. The van der Waals surface area contributed by atoms with E-state index in [1.165, 1.54) is 0 Å². The molecule has 0 unspecified atom stereocenters. The third-order valence-corrected chi connectivity index (χ3v) is 2.04. The molecule has 0 aliphatic heterocycles. The molecule has 0 bridgehead atoms. The van der Waals surface area contributed by atoms with Gasteiger partial charge in [-0.05, 0) is 19.3 Å². The number of alkyl halides is 1. The van der Waals surface area contributed by atoms with Crippen LogP contribution in [0.25, 0.3) is 0 Å². The van der Waals surface area contributed by atoms with Gasteiger partial charge in [-0.15, -0.1) is 11.6 Å². The maximum atomic E-state index is 10.5. The van der Waals surface area contributed by atoms with Crippen molar-refractivity contribution in [3.05, 3.63) is 0 Å². The first kappa shape index (κ1) is 6.09. The summed E-state index contributed by atoms with van der Waals surface area (Å²) < 4.78 is 0. The quantitative estimate of drug-likeness (QED) is 0.520. The van der Waals surface area contributed by atoms with Crippen LogP contribution in [0.3, 0.4) is 0 Å². The highest BCUT2D eigenvalue weighted by molar-refractivity contribution is 6.18. The Bertz CT molecular complexity index is 111. The maximum Gasteiger partial charge on any atom is 0.133 e. The maximum absolute atomic E-state index is 10.5. The van der Waals surface area contributed by atoms with Crippen LogP contribution in [0.4, 0.5) is 0 Å². The van der Waals surface area contributed by atoms with Crippen molar-refractivity contribution >= 4 is 17.4 Å². The Balaban J connectivity index is 2.26. The van der Waals surface area contributed by atoms with E-state index < -0.39 is 0 Å². The van der Waals surface area contributed by atoms with Gasteiger partial charge >= 0.3 is 0 Å². The molecular weight excluding hydrogens is 124 g/mol. The minimum Gasteiger partial charge on any atom is -0.300 e. The molecule has 1 aliphatic rings. The molecule has 0 radical (unpaired) electrons. The van der Waals surface area contributed by atoms with Crippen LogP contribution in [-0.4, -0.2) is 11.7 Å². The molecule has 0 heterocycles. The number of hydrogen-bond acceptors (Lipinski definition) is 1. The average Bonchev–Trinajstić information content (AvgIpc) is 2.42. The largest absolute Gasteiger partial charge is 0.300 e. The first-order valence-corrected chi connectivity index (χ1v) is 3.35. The van der Waals surface area contributed by atoms with E-state index in [9.17, 15) is 4.79 Å². The third-order valence-electron chi connectivity index (χ3n) is 1.64. The number of carbonyl (C=O) groups is 1. The van der Waals surface area contributed by atoms with Gasteiger partial charge in [-0.1, -0.05) is 0 Å². The highest BCUT2D eigenvalue weighted by atomic mass is 35.5. The van der Waals surface area contributed by atoms with Gasteiger partial charge in [0.2, 0.25) is 0 Å². The number of ketones is 1. The molecule has 0 aromatic rings. The average molecular weight is 133 g/mol. The highest BCUT2D eigenvalue weighted by Gasteiger charge is 2.39. The van der Waals surface area contributed by atoms with Crippen LogP contribution in [-0.2, 0) is 4.79 Å². The lowest BCUT2D eigenvalue weighted by Crippen LogP contribution is -1.95. The zero-order chi connectivity index (χ0) is 6.15. The summed E-state index contributed by atoms with van der Waals surface area (Å²) in [5.74, 6) is 1.78. The summed E-state index contributed by atoms with van der Waals surface area (Å²) in [5, 5.41) is 0. The Hall–Kier alpha value is -0.0400. The van der Waals surface area contributed by atoms with Crippen molar-refractivity contribution in [2.45, 2.75) is 13.3 Å². The Morgan fingerprint density at radius 3 is 2.62 bits per heavy atom. The van der Waals surface area contributed by atoms with E-state index in [2.05, 4.69) is 0 Å². The summed E-state index contributed by atoms with van der Waals surface area (Å²) in [5.41, 5.74) is 0. The van der Waals surface area contributed by atoms with Gasteiger partial charge in [-0.25, -0.2) is 0 Å². The summed E-state index contributed by atoms with van der Waals surface area (Å²) in [6, 6.07) is 0. The lowest BCUT2D eigenvalue weighted by Gasteiger charge is -1.84. The molecule has 0 spiro atoms. The summed E-state index contributed by atoms with van der Waals surface area (Å²) in [7, 11) is 0. The smallest absolute Gasteiger partial charge is 0.133 e. The predicted octanol–water partition coefficient (Wildman–Crippen LogP) is 1.45. The fraction of sp³-hybridized carbons (Fsp3) is 0.833. The first-order chi connectivity index (χ1) is 3.75. The summed E-state index contributed by atoms with van der Waals surface area (Å²) in [4.78, 5) is 10.5. The number of rotatable bonds is 2. The van der Waals surface area contributed by atoms with Crippen LogP contribution >= 0.6 is 11.6 Å². The van der Waals surface area contributed by atoms with Crippen LogP contribution in [0.1, 0.15) is 13.3 Å². The molecule has 1 nitrogen and oxygen atoms in total. The lowest BCUT2D eigenvalue weighted by molar-refractivity contribution is -0.118. The standard InChI is InChI=1S/C6H9ClO/c1-4(8)6-2-5(6)3-7/h5-6H,2-3H2,1H3/t5-,6-/m0/s1. The van der Waals surface area contributed by atoms with E-state index in [-0.39, 0.29) is 0 Å². The molecule has 46 valence electrons. The first-order valence-electron chi connectivity index (χ1n) is 2.82. The molecule has 0 aromatic carbocycles. The van der Waals surface area contributed by atoms with Gasteiger partial charge in [0.1, 0.15) is 5.78 Å². The van der Waals surface area contributed by atoms with Gasteiger partial charge in [-0.3, -0.25) is 4.79 Å². The monoisotopic (exact) mass is 132 g/mol. The van der Waals surface area contributed by atoms with Gasteiger partial charge < -0.3 is 0 Å². The Labute approximate surface area is 54.0 Å². The van der Waals surface area contributed by atoms with E-state index in [0.29, 0.717) is 23.5 Å². The van der Waals surface area contributed by atoms with Gasteiger partial charge in [0, 0.05) is 11.8 Å². The van der Waals surface area contributed by atoms with Gasteiger partial charge in [-0.2, -0.15) is 0 Å².